The number of halogens is 3. The Morgan fingerprint density at radius 1 is 1.41 bits per heavy atom. The van der Waals surface area contributed by atoms with Gasteiger partial charge < -0.3 is 26.3 Å². The van der Waals surface area contributed by atoms with E-state index in [1.165, 1.54) is 0 Å². The van der Waals surface area contributed by atoms with E-state index in [4.69, 9.17) is 32.5 Å². The fourth-order valence-corrected chi connectivity index (χ4v) is 4.42. The van der Waals surface area contributed by atoms with Crippen LogP contribution < -0.4 is 21.5 Å². The molecule has 0 aromatic heterocycles. The van der Waals surface area contributed by atoms with E-state index in [9.17, 15) is 4.79 Å². The third-order valence-electron chi connectivity index (χ3n) is 5.61. The summed E-state index contributed by atoms with van der Waals surface area (Å²) >= 11 is 6.26. The van der Waals surface area contributed by atoms with Crippen molar-refractivity contribution in [3.05, 3.63) is 22.2 Å². The zero-order valence-electron chi connectivity index (χ0n) is 16.9. The molecule has 29 heavy (non-hydrogen) atoms. The Labute approximate surface area is 189 Å². The van der Waals surface area contributed by atoms with Crippen molar-refractivity contribution in [3.63, 3.8) is 0 Å². The summed E-state index contributed by atoms with van der Waals surface area (Å²) < 4.78 is 11.6. The number of hydrogen-bond acceptors (Lipinski definition) is 6. The Bertz CT molecular complexity index is 722. The number of nitrogens with two attached hydrogens (primary N) is 2. The molecule has 1 aromatic carbocycles. The smallest absolute Gasteiger partial charge is 0.255 e. The quantitative estimate of drug-likeness (QED) is 0.572. The average molecular weight is 470 g/mol. The summed E-state index contributed by atoms with van der Waals surface area (Å²) in [6.45, 7) is 6.32. The van der Waals surface area contributed by atoms with Crippen molar-refractivity contribution in [1.29, 1.82) is 0 Å². The highest BCUT2D eigenvalue weighted by molar-refractivity contribution is 6.33. The maximum Gasteiger partial charge on any atom is 0.255 e. The number of carbonyl (C=O) groups excluding carboxylic acids is 1. The van der Waals surface area contributed by atoms with Crippen LogP contribution in [0.4, 0.5) is 5.69 Å². The number of amides is 1. The second-order valence-corrected chi connectivity index (χ2v) is 7.80. The van der Waals surface area contributed by atoms with Gasteiger partial charge in [0, 0.05) is 44.8 Å². The molecule has 0 spiro atoms. The number of nitrogens with zero attached hydrogens (tertiary/aromatic N) is 1. The van der Waals surface area contributed by atoms with E-state index in [-0.39, 0.29) is 55.0 Å². The standard InChI is InChI=1S/C19H29ClN4O3.2ClH/c1-10-8-12-16(22)14(20)9-13(18(12)27-10)19(25)23-15-4-6-24(7-5-21)11(2)17(15)26-3;;/h9-11,15,17H,4-8,21-22H2,1-3H3,(H,23,25);2*1H/t10?,11-,15?,17+;;/m1../s1. The van der Waals surface area contributed by atoms with Gasteiger partial charge in [-0.25, -0.2) is 0 Å². The summed E-state index contributed by atoms with van der Waals surface area (Å²) in [6.07, 6.45) is 1.29. The number of nitrogen functional groups attached to an aromatic ring is 1. The van der Waals surface area contributed by atoms with Gasteiger partial charge in [-0.2, -0.15) is 0 Å². The Kier molecular flexibility index (Phi) is 9.79. The van der Waals surface area contributed by atoms with Crippen LogP contribution in [0.25, 0.3) is 0 Å². The van der Waals surface area contributed by atoms with Gasteiger partial charge in [0.2, 0.25) is 0 Å². The first-order valence-corrected chi connectivity index (χ1v) is 9.80. The second-order valence-electron chi connectivity index (χ2n) is 7.39. The lowest BCUT2D eigenvalue weighted by molar-refractivity contribution is -0.0304. The van der Waals surface area contributed by atoms with Crippen LogP contribution in [0.2, 0.25) is 5.02 Å². The Balaban J connectivity index is 0.00000210. The van der Waals surface area contributed by atoms with Crippen molar-refractivity contribution < 1.29 is 14.3 Å². The lowest BCUT2D eigenvalue weighted by Crippen LogP contribution is -2.60. The molecule has 2 heterocycles. The van der Waals surface area contributed by atoms with E-state index in [0.29, 0.717) is 35.0 Å². The normalized spacial score (nSPS) is 26.0. The van der Waals surface area contributed by atoms with Gasteiger partial charge >= 0.3 is 0 Å². The molecule has 10 heteroatoms. The minimum Gasteiger partial charge on any atom is -0.489 e. The van der Waals surface area contributed by atoms with Crippen molar-refractivity contribution >= 4 is 48.0 Å². The van der Waals surface area contributed by atoms with Crippen molar-refractivity contribution in [3.8, 4) is 5.75 Å². The molecule has 4 atom stereocenters. The molecule has 2 aliphatic rings. The average Bonchev–Trinajstić information content (AvgIpc) is 3.02. The van der Waals surface area contributed by atoms with Gasteiger partial charge in [0.1, 0.15) is 11.9 Å². The number of nitrogens with one attached hydrogen (secondary N) is 1. The first kappa shape index (κ1) is 26.1. The SMILES string of the molecule is CO[C@@H]1C(NC(=O)c2cc(Cl)c(N)c3c2OC(C)C3)CCN(CCN)[C@@H]1C.Cl.Cl. The number of hydrogen-bond donors (Lipinski definition) is 3. The van der Waals surface area contributed by atoms with Gasteiger partial charge in [0.25, 0.3) is 5.91 Å². The summed E-state index contributed by atoms with van der Waals surface area (Å²) in [5.74, 6) is 0.332. The molecule has 0 saturated carbocycles. The number of likely N-dealkylation sites (tertiary alicyclic amines) is 1. The fraction of sp³-hybridized carbons (Fsp3) is 0.632. The van der Waals surface area contributed by atoms with Gasteiger partial charge in [-0.05, 0) is 26.3 Å². The minimum absolute atomic E-state index is 0. The number of benzene rings is 1. The van der Waals surface area contributed by atoms with Gasteiger partial charge in [-0.15, -0.1) is 24.8 Å². The minimum atomic E-state index is -0.214. The summed E-state index contributed by atoms with van der Waals surface area (Å²) in [7, 11) is 1.68. The molecule has 166 valence electrons. The van der Waals surface area contributed by atoms with Crippen LogP contribution in [0.3, 0.4) is 0 Å². The number of fused-ring (bicyclic) bond motifs is 1. The molecule has 3 rings (SSSR count). The summed E-state index contributed by atoms with van der Waals surface area (Å²) in [5.41, 5.74) is 13.5. The lowest BCUT2D eigenvalue weighted by atomic mass is 9.94. The predicted molar refractivity (Wildman–Crippen MR) is 121 cm³/mol. The molecule has 1 amide bonds. The van der Waals surface area contributed by atoms with Crippen LogP contribution in [0.15, 0.2) is 6.07 Å². The van der Waals surface area contributed by atoms with Gasteiger partial charge in [0.05, 0.1) is 28.4 Å². The highest BCUT2D eigenvalue weighted by atomic mass is 35.5. The number of methoxy groups -OCH3 is 1. The summed E-state index contributed by atoms with van der Waals surface area (Å²) in [4.78, 5) is 15.3. The van der Waals surface area contributed by atoms with E-state index in [0.717, 1.165) is 25.1 Å². The first-order chi connectivity index (χ1) is 12.9. The maximum absolute atomic E-state index is 13.0. The lowest BCUT2D eigenvalue weighted by Gasteiger charge is -2.43. The number of ether oxygens (including phenoxy) is 2. The first-order valence-electron chi connectivity index (χ1n) is 9.42. The molecule has 0 radical (unpaired) electrons. The topological polar surface area (TPSA) is 103 Å². The van der Waals surface area contributed by atoms with Crippen LogP contribution in [-0.2, 0) is 11.2 Å². The molecule has 2 unspecified atom stereocenters. The molecule has 0 aliphatic carbocycles. The van der Waals surface area contributed by atoms with E-state index < -0.39 is 0 Å². The molecular formula is C19H31Cl3N4O3. The largest absolute Gasteiger partial charge is 0.489 e. The maximum atomic E-state index is 13.0. The molecule has 5 N–H and O–H groups in total. The zero-order chi connectivity index (χ0) is 19.7. The zero-order valence-corrected chi connectivity index (χ0v) is 19.3. The van der Waals surface area contributed by atoms with E-state index in [2.05, 4.69) is 17.1 Å². The highest BCUT2D eigenvalue weighted by Gasteiger charge is 2.37. The number of anilines is 1. The third kappa shape index (κ3) is 5.21. The van der Waals surface area contributed by atoms with Crippen LogP contribution >= 0.6 is 36.4 Å². The fourth-order valence-electron chi connectivity index (χ4n) is 4.19. The van der Waals surface area contributed by atoms with Crippen molar-refractivity contribution in [2.75, 3.05) is 32.5 Å². The molecule has 1 aromatic rings. The highest BCUT2D eigenvalue weighted by Crippen LogP contribution is 2.40. The van der Waals surface area contributed by atoms with Crippen LogP contribution in [0.1, 0.15) is 36.2 Å². The van der Waals surface area contributed by atoms with Crippen LogP contribution in [-0.4, -0.2) is 61.8 Å². The van der Waals surface area contributed by atoms with Gasteiger partial charge in [-0.1, -0.05) is 11.6 Å². The van der Waals surface area contributed by atoms with Crippen LogP contribution in [0, 0.1) is 0 Å². The van der Waals surface area contributed by atoms with E-state index in [1.54, 1.807) is 13.2 Å². The molecular weight excluding hydrogens is 439 g/mol. The molecule has 2 aliphatic heterocycles. The number of rotatable bonds is 5. The summed E-state index contributed by atoms with van der Waals surface area (Å²) in [6, 6.07) is 1.66. The Morgan fingerprint density at radius 3 is 2.72 bits per heavy atom. The molecule has 7 nitrogen and oxygen atoms in total. The van der Waals surface area contributed by atoms with E-state index in [1.807, 2.05) is 6.92 Å². The van der Waals surface area contributed by atoms with Gasteiger partial charge in [-0.3, -0.25) is 9.69 Å². The molecule has 1 saturated heterocycles. The third-order valence-corrected chi connectivity index (χ3v) is 5.92. The Hall–Kier alpha value is -0.960. The number of carbonyl (C=O) groups is 1. The molecule has 0 bridgehead atoms. The monoisotopic (exact) mass is 468 g/mol. The number of piperidine rings is 1. The van der Waals surface area contributed by atoms with Crippen molar-refractivity contribution in [2.24, 2.45) is 5.73 Å². The molecule has 1 fully saturated rings. The van der Waals surface area contributed by atoms with Crippen molar-refractivity contribution in [1.82, 2.24) is 10.2 Å². The van der Waals surface area contributed by atoms with E-state index >= 15 is 0 Å². The van der Waals surface area contributed by atoms with Crippen molar-refractivity contribution in [2.45, 2.75) is 51.0 Å². The Morgan fingerprint density at radius 2 is 2.10 bits per heavy atom. The van der Waals surface area contributed by atoms with Crippen LogP contribution in [0.5, 0.6) is 5.75 Å². The summed E-state index contributed by atoms with van der Waals surface area (Å²) in [5, 5.41) is 3.50. The predicted octanol–water partition coefficient (Wildman–Crippen LogP) is 2.26. The second kappa shape index (κ2) is 10.9. The van der Waals surface area contributed by atoms with Gasteiger partial charge in [0.15, 0.2) is 0 Å².